The molecule has 0 heterocycles. The Labute approximate surface area is 91.3 Å². The van der Waals surface area contributed by atoms with Crippen LogP contribution in [0.1, 0.15) is 16.7 Å². The molecule has 0 saturated carbocycles. The molecule has 12 heavy (non-hydrogen) atoms. The van der Waals surface area contributed by atoms with Crippen molar-refractivity contribution in [3.8, 4) is 0 Å². The fourth-order valence-electron chi connectivity index (χ4n) is 1.31. The maximum absolute atomic E-state index is 5.69. The molecule has 1 aromatic rings. The van der Waals surface area contributed by atoms with Crippen molar-refractivity contribution in [1.82, 2.24) is 0 Å². The third-order valence-corrected chi connectivity index (χ3v) is 6.60. The molecule has 0 unspecified atom stereocenters. The summed E-state index contributed by atoms with van der Waals surface area (Å²) in [5.74, 6) is 0. The van der Waals surface area contributed by atoms with Crippen LogP contribution in [-0.2, 0) is 0 Å². The van der Waals surface area contributed by atoms with Crippen molar-refractivity contribution in [2.75, 3.05) is 0 Å². The molecule has 68 valence electrons. The summed E-state index contributed by atoms with van der Waals surface area (Å²) in [7, 11) is 7.16. The second kappa shape index (κ2) is 4.72. The zero-order chi connectivity index (χ0) is 9.14. The van der Waals surface area contributed by atoms with Crippen LogP contribution in [0.3, 0.4) is 0 Å². The van der Waals surface area contributed by atoms with Crippen LogP contribution in [0.5, 0.6) is 0 Å². The summed E-state index contributed by atoms with van der Waals surface area (Å²) in [5.41, 5.74) is 4.14. The average Bonchev–Trinajstić information content (AvgIpc) is 1.96. The average molecular weight is 314 g/mol. The fraction of sp³-hybridized carbons (Fsp3) is 0.333. The Hall–Kier alpha value is 0.590. The number of rotatable bonds is 2. The molecule has 0 amide bonds. The van der Waals surface area contributed by atoms with E-state index in [1.807, 2.05) is 0 Å². The van der Waals surface area contributed by atoms with Gasteiger partial charge in [-0.2, -0.15) is 0 Å². The SMILES string of the molecule is Cc1cc(C)c([I-]SCl)c(C)c1. The van der Waals surface area contributed by atoms with Crippen LogP contribution >= 0.6 is 18.8 Å². The Morgan fingerprint density at radius 3 is 2.08 bits per heavy atom. The van der Waals surface area contributed by atoms with Gasteiger partial charge in [0.25, 0.3) is 0 Å². The molecule has 0 aliphatic rings. The van der Waals surface area contributed by atoms with Crippen LogP contribution in [0.15, 0.2) is 12.1 Å². The maximum atomic E-state index is 5.69. The summed E-state index contributed by atoms with van der Waals surface area (Å²) in [4.78, 5) is 0. The van der Waals surface area contributed by atoms with Gasteiger partial charge in [-0.05, 0) is 0 Å². The van der Waals surface area contributed by atoms with E-state index in [9.17, 15) is 0 Å². The molecule has 0 saturated heterocycles. The van der Waals surface area contributed by atoms with E-state index in [1.165, 1.54) is 28.4 Å². The Kier molecular flexibility index (Phi) is 4.20. The van der Waals surface area contributed by atoms with Crippen molar-refractivity contribution in [2.45, 2.75) is 20.8 Å². The zero-order valence-electron chi connectivity index (χ0n) is 7.32. The van der Waals surface area contributed by atoms with Crippen molar-refractivity contribution in [2.24, 2.45) is 0 Å². The van der Waals surface area contributed by atoms with E-state index < -0.39 is 0 Å². The minimum absolute atomic E-state index is 0.0442. The van der Waals surface area contributed by atoms with Crippen molar-refractivity contribution in [3.05, 3.63) is 32.4 Å². The summed E-state index contributed by atoms with van der Waals surface area (Å²) >= 11 is -0.0442. The Morgan fingerprint density at radius 1 is 1.17 bits per heavy atom. The second-order valence-electron chi connectivity index (χ2n) is 2.85. The molecule has 0 nitrogen and oxygen atoms in total. The van der Waals surface area contributed by atoms with E-state index in [0.29, 0.717) is 0 Å². The van der Waals surface area contributed by atoms with Crippen LogP contribution in [-0.4, -0.2) is 0 Å². The van der Waals surface area contributed by atoms with Gasteiger partial charge in [0, 0.05) is 0 Å². The van der Waals surface area contributed by atoms with E-state index in [0.717, 1.165) is 0 Å². The first-order valence-electron chi connectivity index (χ1n) is 3.65. The van der Waals surface area contributed by atoms with Gasteiger partial charge in [-0.1, -0.05) is 0 Å². The van der Waals surface area contributed by atoms with Crippen LogP contribution in [0.25, 0.3) is 0 Å². The summed E-state index contributed by atoms with van der Waals surface area (Å²) in [6, 6.07) is 4.46. The Balaban J connectivity index is 3.10. The molecule has 0 bridgehead atoms. The minimum atomic E-state index is -0.0442. The predicted molar refractivity (Wildman–Crippen MR) is 52.8 cm³/mol. The summed E-state index contributed by atoms with van der Waals surface area (Å²) in [5, 5.41) is 0. The molecule has 0 atom stereocenters. The van der Waals surface area contributed by atoms with E-state index in [4.69, 9.17) is 10.7 Å². The van der Waals surface area contributed by atoms with Crippen molar-refractivity contribution < 1.29 is 19.8 Å². The summed E-state index contributed by atoms with van der Waals surface area (Å²) in [6.07, 6.45) is 0. The molecule has 1 rings (SSSR count). The van der Waals surface area contributed by atoms with Crippen LogP contribution in [0.2, 0.25) is 0 Å². The third-order valence-electron chi connectivity index (χ3n) is 1.69. The monoisotopic (exact) mass is 313 g/mol. The van der Waals surface area contributed by atoms with Gasteiger partial charge in [-0.15, -0.1) is 0 Å². The Morgan fingerprint density at radius 2 is 1.67 bits per heavy atom. The number of benzene rings is 1. The molecule has 0 aliphatic heterocycles. The van der Waals surface area contributed by atoms with Gasteiger partial charge in [0.15, 0.2) is 0 Å². The van der Waals surface area contributed by atoms with Crippen LogP contribution in [0, 0.1) is 24.3 Å². The van der Waals surface area contributed by atoms with Gasteiger partial charge >= 0.3 is 91.8 Å². The van der Waals surface area contributed by atoms with Gasteiger partial charge < -0.3 is 0 Å². The molecule has 0 radical (unpaired) electrons. The predicted octanol–water partition coefficient (Wildman–Crippen LogP) is 0.672. The number of aryl methyl sites for hydroxylation is 3. The first-order valence-corrected chi connectivity index (χ1v) is 8.92. The quantitative estimate of drug-likeness (QED) is 0.724. The van der Waals surface area contributed by atoms with E-state index in [1.54, 1.807) is 0 Å². The third kappa shape index (κ3) is 2.54. The first-order chi connectivity index (χ1) is 5.65. The fourth-order valence-corrected chi connectivity index (χ4v) is 5.68. The van der Waals surface area contributed by atoms with E-state index in [2.05, 4.69) is 32.9 Å². The first kappa shape index (κ1) is 10.7. The topological polar surface area (TPSA) is 0 Å². The zero-order valence-corrected chi connectivity index (χ0v) is 11.0. The summed E-state index contributed by atoms with van der Waals surface area (Å²) in [6.45, 7) is 6.47. The van der Waals surface area contributed by atoms with Gasteiger partial charge in [0.1, 0.15) is 0 Å². The molecular formula is C9H11ClIS-. The van der Waals surface area contributed by atoms with Crippen molar-refractivity contribution >= 4 is 18.8 Å². The summed E-state index contributed by atoms with van der Waals surface area (Å²) < 4.78 is 1.49. The standard InChI is InChI=1S/C9H11ClIS/c1-6-4-7(2)9(11-12-10)8(3)5-6/h4-5H,1-3H3/q-1. The number of hydrogen-bond donors (Lipinski definition) is 0. The van der Waals surface area contributed by atoms with E-state index >= 15 is 0 Å². The molecule has 1 aromatic carbocycles. The molecule has 3 heteroatoms. The molecule has 0 aliphatic carbocycles. The van der Waals surface area contributed by atoms with Crippen molar-refractivity contribution in [3.63, 3.8) is 0 Å². The van der Waals surface area contributed by atoms with Gasteiger partial charge in [0.05, 0.1) is 0 Å². The van der Waals surface area contributed by atoms with E-state index in [-0.39, 0.29) is 19.8 Å². The molecular weight excluding hydrogens is 303 g/mol. The normalized spacial score (nSPS) is 10.7. The Bertz CT molecular complexity index is 263. The van der Waals surface area contributed by atoms with Gasteiger partial charge in [-0.3, -0.25) is 0 Å². The second-order valence-corrected chi connectivity index (χ2v) is 8.87. The van der Waals surface area contributed by atoms with Gasteiger partial charge in [-0.25, -0.2) is 0 Å². The van der Waals surface area contributed by atoms with Crippen LogP contribution < -0.4 is 19.8 Å². The molecule has 0 aromatic heterocycles. The molecule has 0 N–H and O–H groups in total. The molecule has 0 fully saturated rings. The van der Waals surface area contributed by atoms with Crippen molar-refractivity contribution in [1.29, 1.82) is 0 Å². The van der Waals surface area contributed by atoms with Gasteiger partial charge in [0.2, 0.25) is 0 Å². The van der Waals surface area contributed by atoms with Crippen LogP contribution in [0.4, 0.5) is 0 Å². The molecule has 0 spiro atoms. The number of halogens is 2. The number of hydrogen-bond acceptors (Lipinski definition) is 1.